The molecule has 5 rings (SSSR count). The molecule has 1 aromatic heterocycles. The van der Waals surface area contributed by atoms with Gasteiger partial charge in [0.1, 0.15) is 11.4 Å². The molecule has 0 bridgehead atoms. The summed E-state index contributed by atoms with van der Waals surface area (Å²) in [6.07, 6.45) is -1.05. The summed E-state index contributed by atoms with van der Waals surface area (Å²) in [7, 11) is 0. The highest BCUT2D eigenvalue weighted by Crippen LogP contribution is 2.35. The van der Waals surface area contributed by atoms with Gasteiger partial charge in [0.15, 0.2) is 0 Å². The average Bonchev–Trinajstić information content (AvgIpc) is 3.48. The zero-order chi connectivity index (χ0) is 35.4. The van der Waals surface area contributed by atoms with Gasteiger partial charge in [-0.25, -0.2) is 4.79 Å². The molecule has 0 spiro atoms. The molecular weight excluding hydrogens is 657 g/mol. The number of primary amides is 1. The predicted octanol–water partition coefficient (Wildman–Crippen LogP) is 3.71. The first kappa shape index (κ1) is 37.7. The number of carbonyl (C=O) groups is 5. The van der Waals surface area contributed by atoms with E-state index < -0.39 is 30.6 Å². The van der Waals surface area contributed by atoms with Gasteiger partial charge in [-0.05, 0) is 61.1 Å². The Morgan fingerprint density at radius 1 is 0.938 bits per heavy atom. The number of morpholine rings is 1. The molecule has 48 heavy (non-hydrogen) atoms. The molecule has 6 N–H and O–H groups in total. The van der Waals surface area contributed by atoms with Crippen molar-refractivity contribution in [3.63, 3.8) is 0 Å². The number of amides is 3. The number of hydrogen-bond donors (Lipinski definition) is 4. The van der Waals surface area contributed by atoms with E-state index in [0.29, 0.717) is 54.5 Å². The molecule has 0 radical (unpaired) electrons. The molecule has 16 heteroatoms. The lowest BCUT2D eigenvalue weighted by atomic mass is 9.94. The second-order valence-electron chi connectivity index (χ2n) is 10.5. The first-order valence-electron chi connectivity index (χ1n) is 14.7. The number of fused-ring (bicyclic) bond motifs is 1. The molecule has 258 valence electrons. The Morgan fingerprint density at radius 3 is 2.12 bits per heavy atom. The van der Waals surface area contributed by atoms with Crippen LogP contribution in [0.5, 0.6) is 0 Å². The third kappa shape index (κ3) is 10.4. The molecule has 2 heterocycles. The number of halogens is 3. The summed E-state index contributed by atoms with van der Waals surface area (Å²) in [5, 5.41) is 16.2. The highest BCUT2D eigenvalue weighted by atomic mass is 32.1. The summed E-state index contributed by atoms with van der Waals surface area (Å²) in [5.74, 6) is -4.73. The van der Waals surface area contributed by atoms with Crippen LogP contribution in [0, 0.1) is 0 Å². The smallest absolute Gasteiger partial charge is 0.480 e. The number of alkyl halides is 3. The maximum Gasteiger partial charge on any atom is 0.490 e. The van der Waals surface area contributed by atoms with E-state index in [1.165, 1.54) is 21.1 Å². The van der Waals surface area contributed by atoms with Crippen molar-refractivity contribution in [3.8, 4) is 0 Å². The number of anilines is 1. The van der Waals surface area contributed by atoms with Gasteiger partial charge in [0, 0.05) is 35.8 Å². The maximum atomic E-state index is 12.7. The van der Waals surface area contributed by atoms with E-state index >= 15 is 0 Å². The van der Waals surface area contributed by atoms with Crippen molar-refractivity contribution in [1.29, 1.82) is 0 Å². The van der Waals surface area contributed by atoms with Gasteiger partial charge in [-0.2, -0.15) is 13.2 Å². The standard InChI is InChI=1S/C16H16N2O3.C14H18N2O3S.C2HF3O2/c17-10-12-5-4-6-13(9-12)16(21)18(11-15(19)20)14-7-2-1-3-8-14;15-13(17)12-11(9-3-1-2-4-10(9)20-12)14(18)16-5-7-19-8-6-16;3-2(4,5)1(6)7/h1-9H,10-11,17H2,(H,19,20);1-8H2,(H2,15,17);(H,6,7). The van der Waals surface area contributed by atoms with Gasteiger partial charge >= 0.3 is 18.1 Å². The molecule has 2 aliphatic rings. The number of carbonyl (C=O) groups excluding carboxylic acids is 3. The molecule has 1 saturated heterocycles. The van der Waals surface area contributed by atoms with Crippen molar-refractivity contribution in [3.05, 3.63) is 86.6 Å². The summed E-state index contributed by atoms with van der Waals surface area (Å²) >= 11 is 1.41. The number of benzene rings is 2. The van der Waals surface area contributed by atoms with Crippen molar-refractivity contribution in [1.82, 2.24) is 4.90 Å². The van der Waals surface area contributed by atoms with Gasteiger partial charge in [-0.1, -0.05) is 30.3 Å². The molecule has 1 fully saturated rings. The van der Waals surface area contributed by atoms with E-state index in [9.17, 15) is 32.3 Å². The predicted molar refractivity (Wildman–Crippen MR) is 170 cm³/mol. The molecule has 2 aromatic carbocycles. The average molecular weight is 693 g/mol. The van der Waals surface area contributed by atoms with Gasteiger partial charge in [0.25, 0.3) is 17.7 Å². The van der Waals surface area contributed by atoms with E-state index in [1.54, 1.807) is 47.4 Å². The monoisotopic (exact) mass is 692 g/mol. The number of nitrogens with two attached hydrogens (primary N) is 2. The van der Waals surface area contributed by atoms with Crippen LogP contribution in [0.1, 0.15) is 59.2 Å². The fourth-order valence-electron chi connectivity index (χ4n) is 4.90. The van der Waals surface area contributed by atoms with E-state index in [4.69, 9.17) is 31.2 Å². The van der Waals surface area contributed by atoms with Crippen LogP contribution in [0.3, 0.4) is 0 Å². The van der Waals surface area contributed by atoms with E-state index in [-0.39, 0.29) is 11.8 Å². The first-order valence-corrected chi connectivity index (χ1v) is 15.5. The molecule has 12 nitrogen and oxygen atoms in total. The number of para-hydroxylation sites is 1. The van der Waals surface area contributed by atoms with Gasteiger partial charge < -0.3 is 31.3 Å². The minimum atomic E-state index is -5.08. The summed E-state index contributed by atoms with van der Waals surface area (Å²) in [5.41, 5.74) is 14.5. The number of ether oxygens (including phenoxy) is 1. The van der Waals surface area contributed by atoms with Crippen LogP contribution in [0.2, 0.25) is 0 Å². The van der Waals surface area contributed by atoms with Crippen LogP contribution >= 0.6 is 11.3 Å². The summed E-state index contributed by atoms with van der Waals surface area (Å²) in [4.78, 5) is 61.5. The number of rotatable bonds is 7. The van der Waals surface area contributed by atoms with E-state index in [2.05, 4.69) is 0 Å². The first-order chi connectivity index (χ1) is 22.7. The van der Waals surface area contributed by atoms with E-state index in [1.807, 2.05) is 12.1 Å². The number of hydrogen-bond acceptors (Lipinski definition) is 8. The minimum Gasteiger partial charge on any atom is -0.480 e. The van der Waals surface area contributed by atoms with Gasteiger partial charge in [-0.3, -0.25) is 24.1 Å². The van der Waals surface area contributed by atoms with Crippen molar-refractivity contribution < 1.29 is 52.1 Å². The van der Waals surface area contributed by atoms with Crippen molar-refractivity contribution in [2.45, 2.75) is 38.4 Å². The van der Waals surface area contributed by atoms with Gasteiger partial charge in [0.05, 0.1) is 18.8 Å². The van der Waals surface area contributed by atoms with Crippen LogP contribution in [-0.2, 0) is 33.7 Å². The molecule has 1 aliphatic heterocycles. The normalized spacial score (nSPS) is 13.9. The zero-order valence-corrected chi connectivity index (χ0v) is 26.5. The van der Waals surface area contributed by atoms with E-state index in [0.717, 1.165) is 36.8 Å². The number of aliphatic carboxylic acids is 2. The Bertz CT molecular complexity index is 1610. The lowest BCUT2D eigenvalue weighted by Gasteiger charge is -2.27. The number of thiophene rings is 1. The maximum absolute atomic E-state index is 12.7. The Kier molecular flexibility index (Phi) is 13.6. The Balaban J connectivity index is 0.000000218. The SMILES string of the molecule is NC(=O)c1sc2c(c1C(=O)N1CCOCC1)CCCC2.NCc1cccc(C(=O)N(CC(=O)O)c2ccccc2)c1.O=C(O)C(F)(F)F. The van der Waals surface area contributed by atoms with Gasteiger partial charge in [-0.15, -0.1) is 11.3 Å². The van der Waals surface area contributed by atoms with Crippen LogP contribution in [-0.4, -0.2) is 83.8 Å². The third-order valence-electron chi connectivity index (χ3n) is 7.17. The topological polar surface area (TPSA) is 194 Å². The Morgan fingerprint density at radius 2 is 1.56 bits per heavy atom. The third-order valence-corrected chi connectivity index (χ3v) is 8.47. The van der Waals surface area contributed by atoms with Crippen molar-refractivity contribution in [2.24, 2.45) is 11.5 Å². The summed E-state index contributed by atoms with van der Waals surface area (Å²) < 4.78 is 37.0. The number of nitrogens with zero attached hydrogens (tertiary/aromatic N) is 2. The Labute approximate surface area is 277 Å². The molecular formula is C32H35F3N4O8S. The molecule has 0 unspecified atom stereocenters. The summed E-state index contributed by atoms with van der Waals surface area (Å²) in [6, 6.07) is 15.6. The number of carboxylic acid groups (broad SMARTS) is 2. The molecule has 3 aromatic rings. The zero-order valence-electron chi connectivity index (χ0n) is 25.7. The summed E-state index contributed by atoms with van der Waals surface area (Å²) in [6.45, 7) is 2.22. The molecule has 0 atom stereocenters. The fraction of sp³-hybridized carbons (Fsp3) is 0.344. The Hall–Kier alpha value is -4.80. The highest BCUT2D eigenvalue weighted by Gasteiger charge is 2.38. The van der Waals surface area contributed by atoms with Crippen molar-refractivity contribution in [2.75, 3.05) is 37.7 Å². The van der Waals surface area contributed by atoms with Crippen molar-refractivity contribution >= 4 is 46.7 Å². The minimum absolute atomic E-state index is 0.0542. The van der Waals surface area contributed by atoms with Gasteiger partial charge in [0.2, 0.25) is 0 Å². The second-order valence-corrected chi connectivity index (χ2v) is 11.6. The second kappa shape index (κ2) is 17.4. The quantitative estimate of drug-likeness (QED) is 0.286. The van der Waals surface area contributed by atoms with Crippen LogP contribution < -0.4 is 16.4 Å². The largest absolute Gasteiger partial charge is 0.490 e. The fourth-order valence-corrected chi connectivity index (χ4v) is 6.13. The van der Waals surface area contributed by atoms with Crippen LogP contribution in [0.4, 0.5) is 18.9 Å². The van der Waals surface area contributed by atoms with Crippen LogP contribution in [0.15, 0.2) is 54.6 Å². The van der Waals surface area contributed by atoms with Crippen LogP contribution in [0.25, 0.3) is 0 Å². The number of aryl methyl sites for hydroxylation is 1. The lowest BCUT2D eigenvalue weighted by molar-refractivity contribution is -0.192. The lowest BCUT2D eigenvalue weighted by Crippen LogP contribution is -2.41. The molecule has 0 saturated carbocycles. The molecule has 3 amide bonds. The number of carboxylic acids is 2. The molecule has 1 aliphatic carbocycles. The highest BCUT2D eigenvalue weighted by molar-refractivity contribution is 7.14.